The van der Waals surface area contributed by atoms with E-state index in [-0.39, 0.29) is 0 Å². The largest absolute Gasteiger partial charge is 0.376 e. The second-order valence-electron chi connectivity index (χ2n) is 7.42. The van der Waals surface area contributed by atoms with Gasteiger partial charge in [0.05, 0.1) is 6.10 Å². The summed E-state index contributed by atoms with van der Waals surface area (Å²) in [7, 11) is 2.18. The van der Waals surface area contributed by atoms with Gasteiger partial charge in [0.15, 0.2) is 0 Å². The molecule has 2 aliphatic rings. The highest BCUT2D eigenvalue weighted by molar-refractivity contribution is 5.24. The number of hydrogen-bond donors (Lipinski definition) is 1. The van der Waals surface area contributed by atoms with Crippen LogP contribution < -0.4 is 5.32 Å². The standard InChI is InChI=1S/C19H33N5O/c1-23(10-11-24-8-4-2-3-5-9-24)16-17-13-20-19(21-14-17)22-15-18-7-6-12-25-18/h13-14,18H,2-12,15-16H2,1H3,(H,20,21,22)/t18-/m0/s1. The Hall–Kier alpha value is -1.24. The van der Waals surface area contributed by atoms with Crippen LogP contribution >= 0.6 is 0 Å². The highest BCUT2D eigenvalue weighted by Crippen LogP contribution is 2.13. The van der Waals surface area contributed by atoms with Crippen molar-refractivity contribution in [3.8, 4) is 0 Å². The molecular weight excluding hydrogens is 314 g/mol. The van der Waals surface area contributed by atoms with Gasteiger partial charge in [0.2, 0.25) is 5.95 Å². The van der Waals surface area contributed by atoms with Crippen LogP contribution in [0.1, 0.15) is 44.1 Å². The average molecular weight is 348 g/mol. The van der Waals surface area contributed by atoms with Crippen molar-refractivity contribution in [3.05, 3.63) is 18.0 Å². The molecule has 1 aromatic rings. The normalized spacial score (nSPS) is 22.2. The number of nitrogens with one attached hydrogen (secondary N) is 1. The van der Waals surface area contributed by atoms with Crippen LogP contribution in [0.5, 0.6) is 0 Å². The molecule has 0 saturated carbocycles. The molecule has 2 saturated heterocycles. The number of likely N-dealkylation sites (N-methyl/N-ethyl adjacent to an activating group) is 1. The van der Waals surface area contributed by atoms with Crippen LogP contribution in [-0.4, -0.2) is 72.3 Å². The number of anilines is 1. The molecule has 25 heavy (non-hydrogen) atoms. The van der Waals surface area contributed by atoms with E-state index < -0.39 is 0 Å². The monoisotopic (exact) mass is 347 g/mol. The van der Waals surface area contributed by atoms with Crippen molar-refractivity contribution in [2.24, 2.45) is 0 Å². The van der Waals surface area contributed by atoms with Crippen LogP contribution in [-0.2, 0) is 11.3 Å². The van der Waals surface area contributed by atoms with E-state index in [4.69, 9.17) is 4.74 Å². The number of aromatic nitrogens is 2. The van der Waals surface area contributed by atoms with Crippen LogP contribution in [0.3, 0.4) is 0 Å². The van der Waals surface area contributed by atoms with E-state index in [1.807, 2.05) is 12.4 Å². The third-order valence-electron chi connectivity index (χ3n) is 5.17. The predicted molar refractivity (Wildman–Crippen MR) is 101 cm³/mol. The summed E-state index contributed by atoms with van der Waals surface area (Å²) < 4.78 is 5.61. The SMILES string of the molecule is CN(CCN1CCCCCC1)Cc1cnc(NC[C@@H]2CCCO2)nc1. The molecule has 0 radical (unpaired) electrons. The van der Waals surface area contributed by atoms with E-state index in [1.54, 1.807) is 0 Å². The Labute approximate surface area is 152 Å². The van der Waals surface area contributed by atoms with E-state index in [2.05, 4.69) is 32.1 Å². The van der Waals surface area contributed by atoms with Gasteiger partial charge in [-0.15, -0.1) is 0 Å². The van der Waals surface area contributed by atoms with Crippen molar-refractivity contribution < 1.29 is 4.74 Å². The fraction of sp³-hybridized carbons (Fsp3) is 0.789. The minimum Gasteiger partial charge on any atom is -0.376 e. The molecule has 0 unspecified atom stereocenters. The Kier molecular flexibility index (Phi) is 7.45. The first-order valence-electron chi connectivity index (χ1n) is 9.87. The average Bonchev–Trinajstić information content (AvgIpc) is 3.01. The lowest BCUT2D eigenvalue weighted by molar-refractivity contribution is 0.120. The molecule has 1 aromatic heterocycles. The summed E-state index contributed by atoms with van der Waals surface area (Å²) in [5.74, 6) is 0.700. The van der Waals surface area contributed by atoms with Crippen molar-refractivity contribution in [2.75, 3.05) is 51.7 Å². The van der Waals surface area contributed by atoms with Gasteiger partial charge in [-0.05, 0) is 45.8 Å². The van der Waals surface area contributed by atoms with Gasteiger partial charge >= 0.3 is 0 Å². The van der Waals surface area contributed by atoms with Crippen LogP contribution in [0.4, 0.5) is 5.95 Å². The van der Waals surface area contributed by atoms with Crippen LogP contribution in [0.2, 0.25) is 0 Å². The number of rotatable bonds is 8. The van der Waals surface area contributed by atoms with Crippen molar-refractivity contribution in [2.45, 2.75) is 51.2 Å². The number of likely N-dealkylation sites (tertiary alicyclic amines) is 1. The van der Waals surface area contributed by atoms with Gasteiger partial charge in [0.1, 0.15) is 0 Å². The molecule has 0 aromatic carbocycles. The number of ether oxygens (including phenoxy) is 1. The van der Waals surface area contributed by atoms with Crippen molar-refractivity contribution in [3.63, 3.8) is 0 Å². The molecule has 0 spiro atoms. The van der Waals surface area contributed by atoms with Crippen LogP contribution in [0.15, 0.2) is 12.4 Å². The molecule has 3 heterocycles. The molecule has 6 nitrogen and oxygen atoms in total. The molecule has 0 amide bonds. The molecule has 6 heteroatoms. The Morgan fingerprint density at radius 1 is 1.16 bits per heavy atom. The highest BCUT2D eigenvalue weighted by Gasteiger charge is 2.15. The molecule has 3 rings (SSSR count). The van der Waals surface area contributed by atoms with Gasteiger partial charge in [0, 0.05) is 50.7 Å². The first-order chi connectivity index (χ1) is 12.3. The summed E-state index contributed by atoms with van der Waals surface area (Å²) in [4.78, 5) is 13.9. The summed E-state index contributed by atoms with van der Waals surface area (Å²) in [6.07, 6.45) is 12.0. The number of nitrogens with zero attached hydrogens (tertiary/aromatic N) is 4. The zero-order chi connectivity index (χ0) is 17.3. The summed E-state index contributed by atoms with van der Waals surface area (Å²) >= 11 is 0. The second-order valence-corrected chi connectivity index (χ2v) is 7.42. The minimum atomic E-state index is 0.313. The quantitative estimate of drug-likeness (QED) is 0.779. The van der Waals surface area contributed by atoms with E-state index in [1.165, 1.54) is 50.9 Å². The van der Waals surface area contributed by atoms with E-state index >= 15 is 0 Å². The third kappa shape index (κ3) is 6.53. The molecular formula is C19H33N5O. The molecule has 1 atom stereocenters. The smallest absolute Gasteiger partial charge is 0.222 e. The van der Waals surface area contributed by atoms with Crippen LogP contribution in [0.25, 0.3) is 0 Å². The molecule has 2 fully saturated rings. The van der Waals surface area contributed by atoms with Gasteiger partial charge < -0.3 is 19.9 Å². The second kappa shape index (κ2) is 10.0. The molecule has 140 valence electrons. The van der Waals surface area contributed by atoms with Crippen LogP contribution in [0, 0.1) is 0 Å². The topological polar surface area (TPSA) is 53.5 Å². The maximum atomic E-state index is 5.61. The van der Waals surface area contributed by atoms with Gasteiger partial charge in [-0.25, -0.2) is 9.97 Å². The summed E-state index contributed by atoms with van der Waals surface area (Å²) in [5.41, 5.74) is 1.17. The maximum absolute atomic E-state index is 5.61. The summed E-state index contributed by atoms with van der Waals surface area (Å²) in [6, 6.07) is 0. The fourth-order valence-electron chi connectivity index (χ4n) is 3.60. The highest BCUT2D eigenvalue weighted by atomic mass is 16.5. The first kappa shape index (κ1) is 18.5. The van der Waals surface area contributed by atoms with Gasteiger partial charge in [-0.3, -0.25) is 0 Å². The first-order valence-corrected chi connectivity index (χ1v) is 9.87. The zero-order valence-corrected chi connectivity index (χ0v) is 15.6. The molecule has 0 bridgehead atoms. The Morgan fingerprint density at radius 3 is 2.60 bits per heavy atom. The van der Waals surface area contributed by atoms with Crippen molar-refractivity contribution in [1.29, 1.82) is 0 Å². The van der Waals surface area contributed by atoms with Gasteiger partial charge in [0.25, 0.3) is 0 Å². The Balaban J connectivity index is 1.36. The lowest BCUT2D eigenvalue weighted by Gasteiger charge is -2.24. The van der Waals surface area contributed by atoms with E-state index in [0.717, 1.165) is 39.1 Å². The number of hydrogen-bond acceptors (Lipinski definition) is 6. The summed E-state index contributed by atoms with van der Waals surface area (Å²) in [6.45, 7) is 7.38. The van der Waals surface area contributed by atoms with E-state index in [9.17, 15) is 0 Å². The lowest BCUT2D eigenvalue weighted by atomic mass is 10.2. The predicted octanol–water partition coefficient (Wildman–Crippen LogP) is 2.38. The minimum absolute atomic E-state index is 0.313. The van der Waals surface area contributed by atoms with Crippen molar-refractivity contribution >= 4 is 5.95 Å². The molecule has 2 aliphatic heterocycles. The Morgan fingerprint density at radius 2 is 1.92 bits per heavy atom. The van der Waals surface area contributed by atoms with Gasteiger partial charge in [-0.2, -0.15) is 0 Å². The third-order valence-corrected chi connectivity index (χ3v) is 5.17. The molecule has 1 N–H and O–H groups in total. The summed E-state index contributed by atoms with van der Waals surface area (Å²) in [5, 5.41) is 3.27. The van der Waals surface area contributed by atoms with Gasteiger partial charge in [-0.1, -0.05) is 12.8 Å². The lowest BCUT2D eigenvalue weighted by Crippen LogP contribution is -2.33. The van der Waals surface area contributed by atoms with Crippen molar-refractivity contribution in [1.82, 2.24) is 19.8 Å². The molecule has 0 aliphatic carbocycles. The maximum Gasteiger partial charge on any atom is 0.222 e. The fourth-order valence-corrected chi connectivity index (χ4v) is 3.60. The van der Waals surface area contributed by atoms with E-state index in [0.29, 0.717) is 12.1 Å². The zero-order valence-electron chi connectivity index (χ0n) is 15.6. The Bertz CT molecular complexity index is 481.